The number of hydrogen-bond acceptors (Lipinski definition) is 4. The van der Waals surface area contributed by atoms with Gasteiger partial charge in [0.1, 0.15) is 6.54 Å². The molecular formula is C18H20N2O3S. The molecule has 1 amide bonds. The van der Waals surface area contributed by atoms with Gasteiger partial charge in [-0.15, -0.1) is 11.3 Å². The van der Waals surface area contributed by atoms with Crippen molar-refractivity contribution in [2.24, 2.45) is 5.92 Å². The maximum atomic E-state index is 12.5. The molecular weight excluding hydrogens is 324 g/mol. The van der Waals surface area contributed by atoms with E-state index in [4.69, 9.17) is 4.42 Å². The Morgan fingerprint density at radius 2 is 2.12 bits per heavy atom. The number of hydrogen-bond donors (Lipinski definition) is 1. The Labute approximate surface area is 143 Å². The second kappa shape index (κ2) is 6.65. The summed E-state index contributed by atoms with van der Waals surface area (Å²) in [5, 5.41) is 5.03. The molecule has 3 aromatic rings. The van der Waals surface area contributed by atoms with Crippen molar-refractivity contribution in [3.05, 3.63) is 56.7 Å². The van der Waals surface area contributed by atoms with Crippen molar-refractivity contribution >= 4 is 28.3 Å². The van der Waals surface area contributed by atoms with E-state index in [2.05, 4.69) is 19.2 Å². The molecule has 2 aromatic heterocycles. The third-order valence-corrected chi connectivity index (χ3v) is 4.91. The summed E-state index contributed by atoms with van der Waals surface area (Å²) in [6.45, 7) is 6.01. The Hall–Kier alpha value is -2.34. The zero-order valence-corrected chi connectivity index (χ0v) is 14.7. The summed E-state index contributed by atoms with van der Waals surface area (Å²) in [5.41, 5.74) is 2.15. The van der Waals surface area contributed by atoms with E-state index in [0.717, 1.165) is 10.4 Å². The summed E-state index contributed by atoms with van der Waals surface area (Å²) < 4.78 is 6.59. The number of carbonyl (C=O) groups is 1. The number of amides is 1. The molecule has 0 fully saturated rings. The predicted molar refractivity (Wildman–Crippen MR) is 95.3 cm³/mol. The van der Waals surface area contributed by atoms with Crippen LogP contribution in [-0.4, -0.2) is 10.5 Å². The second-order valence-electron chi connectivity index (χ2n) is 6.23. The number of fused-ring (bicyclic) bond motifs is 1. The number of nitrogens with zero attached hydrogens (tertiary/aromatic N) is 1. The van der Waals surface area contributed by atoms with Crippen molar-refractivity contribution in [2.75, 3.05) is 0 Å². The fourth-order valence-corrected chi connectivity index (χ4v) is 3.67. The number of thiophene rings is 1. The molecule has 5 nitrogen and oxygen atoms in total. The van der Waals surface area contributed by atoms with Crippen LogP contribution in [0.5, 0.6) is 0 Å². The van der Waals surface area contributed by atoms with Crippen molar-refractivity contribution in [1.29, 1.82) is 0 Å². The molecule has 0 spiro atoms. The third-order valence-electron chi connectivity index (χ3n) is 3.96. The van der Waals surface area contributed by atoms with Crippen molar-refractivity contribution in [3.63, 3.8) is 0 Å². The summed E-state index contributed by atoms with van der Waals surface area (Å²) in [7, 11) is 0. The average molecular weight is 344 g/mol. The van der Waals surface area contributed by atoms with E-state index in [1.165, 1.54) is 4.57 Å². The van der Waals surface area contributed by atoms with E-state index in [1.807, 2.05) is 36.6 Å². The Kier molecular flexibility index (Phi) is 4.57. The van der Waals surface area contributed by atoms with Crippen LogP contribution in [-0.2, 0) is 11.3 Å². The Morgan fingerprint density at radius 1 is 1.33 bits per heavy atom. The van der Waals surface area contributed by atoms with Gasteiger partial charge in [-0.3, -0.25) is 9.36 Å². The number of aryl methyl sites for hydroxylation is 1. The largest absolute Gasteiger partial charge is 0.420 e. The van der Waals surface area contributed by atoms with E-state index in [0.29, 0.717) is 11.1 Å². The van der Waals surface area contributed by atoms with Crippen molar-refractivity contribution in [3.8, 4) is 0 Å². The SMILES string of the molecule is Cc1ccc2oc(=O)n(CC(=O)NC(c3cccs3)C(C)C)c2c1. The molecule has 24 heavy (non-hydrogen) atoms. The number of carbonyl (C=O) groups excluding carboxylic acids is 1. The molecule has 3 rings (SSSR count). The zero-order valence-electron chi connectivity index (χ0n) is 13.9. The number of nitrogens with one attached hydrogen (secondary N) is 1. The molecule has 0 saturated carbocycles. The Morgan fingerprint density at radius 3 is 2.79 bits per heavy atom. The number of rotatable bonds is 5. The summed E-state index contributed by atoms with van der Waals surface area (Å²) in [6.07, 6.45) is 0. The predicted octanol–water partition coefficient (Wildman–Crippen LogP) is 3.48. The van der Waals surface area contributed by atoms with Crippen LogP contribution in [0, 0.1) is 12.8 Å². The highest BCUT2D eigenvalue weighted by Gasteiger charge is 2.20. The first-order chi connectivity index (χ1) is 11.5. The van der Waals surface area contributed by atoms with E-state index >= 15 is 0 Å². The highest BCUT2D eigenvalue weighted by Crippen LogP contribution is 2.25. The lowest BCUT2D eigenvalue weighted by Crippen LogP contribution is -2.35. The van der Waals surface area contributed by atoms with Crippen LogP contribution >= 0.6 is 11.3 Å². The van der Waals surface area contributed by atoms with E-state index in [-0.39, 0.29) is 24.4 Å². The Bertz CT molecular complexity index is 906. The van der Waals surface area contributed by atoms with Crippen molar-refractivity contribution < 1.29 is 9.21 Å². The molecule has 0 aliphatic heterocycles. The topological polar surface area (TPSA) is 64.2 Å². The quantitative estimate of drug-likeness (QED) is 0.771. The zero-order chi connectivity index (χ0) is 17.3. The first-order valence-corrected chi connectivity index (χ1v) is 8.76. The van der Waals surface area contributed by atoms with Gasteiger partial charge in [0, 0.05) is 4.88 Å². The van der Waals surface area contributed by atoms with Crippen molar-refractivity contribution in [1.82, 2.24) is 9.88 Å². The lowest BCUT2D eigenvalue weighted by Gasteiger charge is -2.21. The first kappa shape index (κ1) is 16.5. The number of oxazole rings is 1. The van der Waals surface area contributed by atoms with Gasteiger partial charge in [0.15, 0.2) is 5.58 Å². The maximum absolute atomic E-state index is 12.5. The van der Waals surface area contributed by atoms with Crippen LogP contribution in [0.2, 0.25) is 0 Å². The molecule has 6 heteroatoms. The van der Waals surface area contributed by atoms with E-state index in [1.54, 1.807) is 17.4 Å². The summed E-state index contributed by atoms with van der Waals surface area (Å²) in [6, 6.07) is 9.40. The lowest BCUT2D eigenvalue weighted by molar-refractivity contribution is -0.122. The summed E-state index contributed by atoms with van der Waals surface area (Å²) in [4.78, 5) is 25.7. The monoisotopic (exact) mass is 344 g/mol. The number of benzene rings is 1. The summed E-state index contributed by atoms with van der Waals surface area (Å²) in [5.74, 6) is -0.455. The normalized spacial score (nSPS) is 12.7. The minimum Gasteiger partial charge on any atom is -0.408 e. The Balaban J connectivity index is 1.83. The standard InChI is InChI=1S/C18H20N2O3S/c1-11(2)17(15-5-4-8-24-15)19-16(21)10-20-13-9-12(3)6-7-14(13)23-18(20)22/h4-9,11,17H,10H2,1-3H3,(H,19,21). The highest BCUT2D eigenvalue weighted by molar-refractivity contribution is 7.10. The van der Waals surface area contributed by atoms with Gasteiger partial charge < -0.3 is 9.73 Å². The van der Waals surface area contributed by atoms with E-state index in [9.17, 15) is 9.59 Å². The van der Waals surface area contributed by atoms with Gasteiger partial charge in [0.2, 0.25) is 5.91 Å². The molecule has 1 aromatic carbocycles. The smallest absolute Gasteiger partial charge is 0.408 e. The van der Waals surface area contributed by atoms with Gasteiger partial charge in [-0.05, 0) is 42.0 Å². The summed E-state index contributed by atoms with van der Waals surface area (Å²) >= 11 is 1.62. The van der Waals surface area contributed by atoms with Crippen LogP contribution in [0.15, 0.2) is 44.9 Å². The van der Waals surface area contributed by atoms with Gasteiger partial charge in [-0.25, -0.2) is 4.79 Å². The van der Waals surface area contributed by atoms with Crippen LogP contribution < -0.4 is 11.1 Å². The maximum Gasteiger partial charge on any atom is 0.420 e. The van der Waals surface area contributed by atoms with Gasteiger partial charge in [-0.2, -0.15) is 0 Å². The second-order valence-corrected chi connectivity index (χ2v) is 7.21. The van der Waals surface area contributed by atoms with Crippen molar-refractivity contribution in [2.45, 2.75) is 33.4 Å². The minimum absolute atomic E-state index is 0.0517. The third kappa shape index (κ3) is 3.28. The molecule has 2 heterocycles. The molecule has 0 bridgehead atoms. The van der Waals surface area contributed by atoms with Crippen LogP contribution in [0.25, 0.3) is 11.1 Å². The lowest BCUT2D eigenvalue weighted by atomic mass is 10.0. The van der Waals surface area contributed by atoms with Gasteiger partial charge >= 0.3 is 5.76 Å². The molecule has 0 radical (unpaired) electrons. The fourth-order valence-electron chi connectivity index (χ4n) is 2.72. The molecule has 1 unspecified atom stereocenters. The molecule has 0 saturated heterocycles. The van der Waals surface area contributed by atoms with Gasteiger partial charge in [-0.1, -0.05) is 26.0 Å². The average Bonchev–Trinajstić information content (AvgIpc) is 3.14. The van der Waals surface area contributed by atoms with Crippen LogP contribution in [0.4, 0.5) is 0 Å². The number of aromatic nitrogens is 1. The van der Waals surface area contributed by atoms with Crippen LogP contribution in [0.1, 0.15) is 30.3 Å². The van der Waals surface area contributed by atoms with Crippen LogP contribution in [0.3, 0.4) is 0 Å². The first-order valence-electron chi connectivity index (χ1n) is 7.88. The molecule has 1 N–H and O–H groups in total. The fraction of sp³-hybridized carbons (Fsp3) is 0.333. The highest BCUT2D eigenvalue weighted by atomic mass is 32.1. The minimum atomic E-state index is -0.511. The molecule has 0 aliphatic rings. The molecule has 0 aliphatic carbocycles. The van der Waals surface area contributed by atoms with E-state index < -0.39 is 5.76 Å². The molecule has 1 atom stereocenters. The molecule has 126 valence electrons. The van der Waals surface area contributed by atoms with Gasteiger partial charge in [0.05, 0.1) is 11.6 Å². The van der Waals surface area contributed by atoms with Gasteiger partial charge in [0.25, 0.3) is 0 Å².